The Labute approximate surface area is 197 Å². The number of nitrogens with zero attached hydrogens (tertiary/aromatic N) is 1. The van der Waals surface area contributed by atoms with Gasteiger partial charge in [0.25, 0.3) is 11.7 Å². The average Bonchev–Trinajstić information content (AvgIpc) is 2.98. The van der Waals surface area contributed by atoms with Crippen LogP contribution in [0.4, 0.5) is 5.69 Å². The molecule has 0 bridgehead atoms. The highest BCUT2D eigenvalue weighted by Crippen LogP contribution is 2.43. The number of halogens is 3. The van der Waals surface area contributed by atoms with Gasteiger partial charge in [-0.2, -0.15) is 0 Å². The molecule has 4 rings (SSSR count). The Balaban J connectivity index is 1.97. The fraction of sp³-hybridized carbons (Fsp3) is 0.0833. The van der Waals surface area contributed by atoms with E-state index in [0.717, 1.165) is 10.0 Å². The largest absolute Gasteiger partial charge is 0.507 e. The molecule has 156 valence electrons. The summed E-state index contributed by atoms with van der Waals surface area (Å²) in [6, 6.07) is 18.2. The Morgan fingerprint density at radius 1 is 0.968 bits per heavy atom. The summed E-state index contributed by atoms with van der Waals surface area (Å²) in [4.78, 5) is 27.6. The summed E-state index contributed by atoms with van der Waals surface area (Å²) in [6.07, 6.45) is 0. The van der Waals surface area contributed by atoms with Crippen molar-refractivity contribution in [3.05, 3.63) is 104 Å². The lowest BCUT2D eigenvalue weighted by molar-refractivity contribution is -0.132. The van der Waals surface area contributed by atoms with Crippen LogP contribution in [-0.4, -0.2) is 16.8 Å². The van der Waals surface area contributed by atoms with Crippen molar-refractivity contribution in [3.63, 3.8) is 0 Å². The van der Waals surface area contributed by atoms with Gasteiger partial charge in [-0.15, -0.1) is 0 Å². The molecule has 1 atom stereocenters. The van der Waals surface area contributed by atoms with Gasteiger partial charge in [-0.1, -0.05) is 81.1 Å². The molecular weight excluding hydrogens is 501 g/mol. The first-order valence-electron chi connectivity index (χ1n) is 9.36. The van der Waals surface area contributed by atoms with Gasteiger partial charge in [-0.05, 0) is 42.8 Å². The smallest absolute Gasteiger partial charge is 0.300 e. The highest BCUT2D eigenvalue weighted by molar-refractivity contribution is 9.10. The molecule has 3 aromatic rings. The van der Waals surface area contributed by atoms with Crippen molar-refractivity contribution in [2.75, 3.05) is 4.90 Å². The molecule has 0 saturated carbocycles. The SMILES string of the molecule is Cc1cccc(C2/C(=C(\O)c3ccc(Br)cc3)C(=O)C(=O)N2c2cc(Cl)cc(Cl)c2)c1. The maximum Gasteiger partial charge on any atom is 0.300 e. The first kappa shape index (κ1) is 21.6. The van der Waals surface area contributed by atoms with Gasteiger partial charge in [-0.25, -0.2) is 0 Å². The van der Waals surface area contributed by atoms with Crippen molar-refractivity contribution in [3.8, 4) is 0 Å². The minimum atomic E-state index is -0.835. The normalized spacial score (nSPS) is 17.9. The summed E-state index contributed by atoms with van der Waals surface area (Å²) in [5.74, 6) is -1.78. The van der Waals surface area contributed by atoms with Crippen LogP contribution in [0.25, 0.3) is 5.76 Å². The number of carbonyl (C=O) groups excluding carboxylic acids is 2. The lowest BCUT2D eigenvalue weighted by atomic mass is 9.94. The fourth-order valence-corrected chi connectivity index (χ4v) is 4.47. The van der Waals surface area contributed by atoms with Crippen molar-refractivity contribution < 1.29 is 14.7 Å². The predicted octanol–water partition coefficient (Wildman–Crippen LogP) is 6.69. The molecule has 3 aromatic carbocycles. The summed E-state index contributed by atoms with van der Waals surface area (Å²) in [6.45, 7) is 1.92. The van der Waals surface area contributed by atoms with E-state index in [1.807, 2.05) is 31.2 Å². The average molecular weight is 517 g/mol. The lowest BCUT2D eigenvalue weighted by Crippen LogP contribution is -2.29. The zero-order chi connectivity index (χ0) is 22.3. The van der Waals surface area contributed by atoms with Gasteiger partial charge >= 0.3 is 0 Å². The lowest BCUT2D eigenvalue weighted by Gasteiger charge is -2.26. The number of anilines is 1. The number of aliphatic hydroxyl groups excluding tert-OH is 1. The first-order valence-corrected chi connectivity index (χ1v) is 10.9. The zero-order valence-electron chi connectivity index (χ0n) is 16.3. The monoisotopic (exact) mass is 515 g/mol. The highest BCUT2D eigenvalue weighted by atomic mass is 79.9. The van der Waals surface area contributed by atoms with Crippen molar-refractivity contribution in [2.45, 2.75) is 13.0 Å². The standard InChI is InChI=1S/C24H16BrCl2NO3/c1-13-3-2-4-15(9-13)21-20(22(29)14-5-7-16(25)8-6-14)23(30)24(31)28(21)19-11-17(26)10-18(27)12-19/h2-12,21,29H,1H3/b22-20+. The number of benzene rings is 3. The summed E-state index contributed by atoms with van der Waals surface area (Å²) in [5.41, 5.74) is 2.46. The van der Waals surface area contributed by atoms with E-state index < -0.39 is 17.7 Å². The van der Waals surface area contributed by atoms with Gasteiger partial charge < -0.3 is 5.11 Å². The van der Waals surface area contributed by atoms with Gasteiger partial charge in [-0.3, -0.25) is 14.5 Å². The molecule has 1 heterocycles. The number of Topliss-reactive ketones (excluding diaryl/α,β-unsaturated/α-hetero) is 1. The summed E-state index contributed by atoms with van der Waals surface area (Å²) >= 11 is 15.7. The molecule has 0 aliphatic carbocycles. The van der Waals surface area contributed by atoms with Crippen LogP contribution in [0.2, 0.25) is 10.0 Å². The second-order valence-electron chi connectivity index (χ2n) is 7.22. The van der Waals surface area contributed by atoms with E-state index in [0.29, 0.717) is 26.9 Å². The minimum absolute atomic E-state index is 0.00835. The van der Waals surface area contributed by atoms with Crippen molar-refractivity contribution in [2.24, 2.45) is 0 Å². The van der Waals surface area contributed by atoms with E-state index in [1.165, 1.54) is 4.90 Å². The summed E-state index contributed by atoms with van der Waals surface area (Å²) in [7, 11) is 0. The van der Waals surface area contributed by atoms with Gasteiger partial charge in [0.05, 0.1) is 11.6 Å². The molecule has 1 unspecified atom stereocenters. The number of amides is 1. The third-order valence-corrected chi connectivity index (χ3v) is 6.01. The van der Waals surface area contributed by atoms with Crippen LogP contribution >= 0.6 is 39.1 Å². The number of aryl methyl sites for hydroxylation is 1. The molecule has 7 heteroatoms. The summed E-state index contributed by atoms with van der Waals surface area (Å²) < 4.78 is 0.827. The zero-order valence-corrected chi connectivity index (χ0v) is 19.4. The van der Waals surface area contributed by atoms with Crippen LogP contribution in [0.1, 0.15) is 22.7 Å². The quantitative estimate of drug-likeness (QED) is 0.239. The Morgan fingerprint density at radius 2 is 1.61 bits per heavy atom. The topological polar surface area (TPSA) is 57.6 Å². The van der Waals surface area contributed by atoms with E-state index in [1.54, 1.807) is 42.5 Å². The molecule has 0 spiro atoms. The molecule has 1 N–H and O–H groups in total. The Morgan fingerprint density at radius 3 is 2.23 bits per heavy atom. The van der Waals surface area contributed by atoms with Crippen LogP contribution in [-0.2, 0) is 9.59 Å². The van der Waals surface area contributed by atoms with Gasteiger partial charge in [0, 0.05) is 25.8 Å². The van der Waals surface area contributed by atoms with Crippen LogP contribution in [0.15, 0.2) is 76.8 Å². The molecule has 0 radical (unpaired) electrons. The number of carbonyl (C=O) groups is 2. The maximum atomic E-state index is 13.1. The molecule has 1 aliphatic rings. The molecule has 1 amide bonds. The Hall–Kier alpha value is -2.60. The van der Waals surface area contributed by atoms with Crippen molar-refractivity contribution in [1.29, 1.82) is 0 Å². The van der Waals surface area contributed by atoms with Gasteiger partial charge in [0.2, 0.25) is 0 Å². The molecule has 4 nitrogen and oxygen atoms in total. The molecule has 0 aromatic heterocycles. The number of rotatable bonds is 3. The van der Waals surface area contributed by atoms with Gasteiger partial charge in [0.15, 0.2) is 0 Å². The number of aliphatic hydroxyl groups is 1. The predicted molar refractivity (Wildman–Crippen MR) is 127 cm³/mol. The van der Waals surface area contributed by atoms with Crippen molar-refractivity contribution in [1.82, 2.24) is 0 Å². The van der Waals surface area contributed by atoms with E-state index in [9.17, 15) is 14.7 Å². The molecule has 1 saturated heterocycles. The van der Waals surface area contributed by atoms with E-state index in [2.05, 4.69) is 15.9 Å². The maximum absolute atomic E-state index is 13.1. The Bertz CT molecular complexity index is 1220. The van der Waals surface area contributed by atoms with Crippen LogP contribution in [0.5, 0.6) is 0 Å². The van der Waals surface area contributed by atoms with Gasteiger partial charge in [0.1, 0.15) is 5.76 Å². The molecule has 1 fully saturated rings. The minimum Gasteiger partial charge on any atom is -0.507 e. The molecule has 31 heavy (non-hydrogen) atoms. The second kappa shape index (κ2) is 8.50. The van der Waals surface area contributed by atoms with Crippen LogP contribution < -0.4 is 4.90 Å². The van der Waals surface area contributed by atoms with Crippen molar-refractivity contribution >= 4 is 62.3 Å². The fourth-order valence-electron chi connectivity index (χ4n) is 3.70. The number of hydrogen-bond donors (Lipinski definition) is 1. The number of ketones is 1. The van der Waals surface area contributed by atoms with E-state index in [-0.39, 0.29) is 11.3 Å². The van der Waals surface area contributed by atoms with E-state index in [4.69, 9.17) is 23.2 Å². The third kappa shape index (κ3) is 4.13. The first-order chi connectivity index (χ1) is 14.8. The second-order valence-corrected chi connectivity index (χ2v) is 9.01. The molecular formula is C24H16BrCl2NO3. The van der Waals surface area contributed by atoms with E-state index >= 15 is 0 Å². The van der Waals surface area contributed by atoms with Crippen LogP contribution in [0, 0.1) is 6.92 Å². The number of hydrogen-bond acceptors (Lipinski definition) is 3. The Kier molecular flexibility index (Phi) is 5.93. The van der Waals surface area contributed by atoms with Crippen LogP contribution in [0.3, 0.4) is 0 Å². The summed E-state index contributed by atoms with van der Waals surface area (Å²) in [5, 5.41) is 11.8. The third-order valence-electron chi connectivity index (χ3n) is 5.05. The molecule has 1 aliphatic heterocycles. The highest BCUT2D eigenvalue weighted by Gasteiger charge is 2.47.